The fraction of sp³-hybridized carbons (Fsp3) is 0.500. The quantitative estimate of drug-likeness (QED) is 0.605. The third-order valence-corrected chi connectivity index (χ3v) is 4.96. The highest BCUT2D eigenvalue weighted by atomic mass is 32.2. The van der Waals surface area contributed by atoms with Gasteiger partial charge in [-0.1, -0.05) is 24.3 Å². The predicted molar refractivity (Wildman–Crippen MR) is 88.0 cm³/mol. The summed E-state index contributed by atoms with van der Waals surface area (Å²) >= 11 is 1.75. The summed E-state index contributed by atoms with van der Waals surface area (Å²) in [6.07, 6.45) is 4.25. The Morgan fingerprint density at radius 2 is 1.65 bits per heavy atom. The van der Waals surface area contributed by atoms with Gasteiger partial charge in [0.1, 0.15) is 0 Å². The van der Waals surface area contributed by atoms with E-state index in [0.29, 0.717) is 0 Å². The van der Waals surface area contributed by atoms with E-state index in [2.05, 4.69) is 71.2 Å². The van der Waals surface area contributed by atoms with Crippen LogP contribution < -0.4 is 0 Å². The molecule has 0 aliphatic carbocycles. The molecule has 0 amide bonds. The molecule has 108 valence electrons. The van der Waals surface area contributed by atoms with Gasteiger partial charge < -0.3 is 9.31 Å². The molecule has 0 spiro atoms. The minimum atomic E-state index is -0.286. The van der Waals surface area contributed by atoms with Crippen molar-refractivity contribution in [2.75, 3.05) is 6.26 Å². The molecule has 20 heavy (non-hydrogen) atoms. The summed E-state index contributed by atoms with van der Waals surface area (Å²) in [6, 6.07) is 8.38. The summed E-state index contributed by atoms with van der Waals surface area (Å²) in [5, 5.41) is 0. The maximum atomic E-state index is 6.07. The van der Waals surface area contributed by atoms with Gasteiger partial charge in [0.15, 0.2) is 0 Å². The van der Waals surface area contributed by atoms with Crippen molar-refractivity contribution >= 4 is 25.0 Å². The molecule has 2 nitrogen and oxygen atoms in total. The Morgan fingerprint density at radius 3 is 2.20 bits per heavy atom. The zero-order valence-corrected chi connectivity index (χ0v) is 14.0. The molecule has 4 heteroatoms. The normalized spacial score (nSPS) is 21.3. The molecule has 1 fully saturated rings. The van der Waals surface area contributed by atoms with Gasteiger partial charge in [-0.15, -0.1) is 11.8 Å². The monoisotopic (exact) mass is 290 g/mol. The van der Waals surface area contributed by atoms with Crippen LogP contribution in [-0.2, 0) is 9.31 Å². The second-order valence-corrected chi connectivity index (χ2v) is 7.07. The molecule has 0 unspecified atom stereocenters. The molecule has 1 aliphatic heterocycles. The van der Waals surface area contributed by atoms with E-state index in [0.717, 1.165) is 5.47 Å². The van der Waals surface area contributed by atoms with Gasteiger partial charge in [-0.05, 0) is 58.0 Å². The van der Waals surface area contributed by atoms with Crippen LogP contribution in [0.3, 0.4) is 0 Å². The van der Waals surface area contributed by atoms with E-state index in [4.69, 9.17) is 9.31 Å². The van der Waals surface area contributed by atoms with Crippen molar-refractivity contribution in [1.82, 2.24) is 0 Å². The third kappa shape index (κ3) is 2.97. The van der Waals surface area contributed by atoms with Crippen molar-refractivity contribution in [1.29, 1.82) is 0 Å². The molecule has 1 saturated heterocycles. The first-order chi connectivity index (χ1) is 9.27. The van der Waals surface area contributed by atoms with Crippen LogP contribution in [0.25, 0.3) is 6.08 Å². The zero-order chi connectivity index (χ0) is 15.0. The summed E-state index contributed by atoms with van der Waals surface area (Å²) in [5.41, 5.74) is 1.75. The summed E-state index contributed by atoms with van der Waals surface area (Å²) in [7, 11) is -0.269. The number of benzene rings is 1. The van der Waals surface area contributed by atoms with Crippen molar-refractivity contribution < 1.29 is 9.31 Å². The molecule has 0 aromatic heterocycles. The molecule has 1 aliphatic rings. The van der Waals surface area contributed by atoms with Gasteiger partial charge in [0.05, 0.1) is 11.2 Å². The minimum Gasteiger partial charge on any atom is -0.400 e. The average Bonchev–Trinajstić information content (AvgIpc) is 2.59. The molecule has 1 aromatic carbocycles. The smallest absolute Gasteiger partial charge is 0.400 e. The van der Waals surface area contributed by atoms with Gasteiger partial charge in [0.2, 0.25) is 0 Å². The maximum absolute atomic E-state index is 6.07. The van der Waals surface area contributed by atoms with Crippen molar-refractivity contribution in [3.8, 4) is 0 Å². The van der Waals surface area contributed by atoms with Gasteiger partial charge in [-0.25, -0.2) is 0 Å². The van der Waals surface area contributed by atoms with Crippen molar-refractivity contribution in [2.24, 2.45) is 0 Å². The number of hydrogen-bond donors (Lipinski definition) is 0. The van der Waals surface area contributed by atoms with E-state index in [9.17, 15) is 0 Å². The first-order valence-corrected chi connectivity index (χ1v) is 8.16. The summed E-state index contributed by atoms with van der Waals surface area (Å²) in [5.74, 6) is 0. The molecule has 2 rings (SSSR count). The standard InChI is InChI=1S/C16H23BO2S/c1-12(11-13-9-7-8-10-14(13)20-6)17-18-15(2,3)16(4,5)19-17/h7-11H,1-6H3/b12-11-. The van der Waals surface area contributed by atoms with Crippen LogP contribution in [0.5, 0.6) is 0 Å². The lowest BCUT2D eigenvalue weighted by atomic mass is 9.78. The van der Waals surface area contributed by atoms with E-state index in [-0.39, 0.29) is 18.3 Å². The van der Waals surface area contributed by atoms with Crippen molar-refractivity contribution in [3.05, 3.63) is 35.3 Å². The van der Waals surface area contributed by atoms with E-state index in [1.54, 1.807) is 11.8 Å². The maximum Gasteiger partial charge on any atom is 0.490 e. The highest BCUT2D eigenvalue weighted by Crippen LogP contribution is 2.38. The lowest BCUT2D eigenvalue weighted by Crippen LogP contribution is -2.41. The fourth-order valence-corrected chi connectivity index (χ4v) is 2.71. The SMILES string of the molecule is CSc1ccccc1/C=C(/C)B1OC(C)(C)C(C)(C)O1. The third-order valence-electron chi connectivity index (χ3n) is 4.15. The lowest BCUT2D eigenvalue weighted by molar-refractivity contribution is 0.00578. The van der Waals surface area contributed by atoms with Crippen LogP contribution in [-0.4, -0.2) is 24.6 Å². The minimum absolute atomic E-state index is 0.269. The largest absolute Gasteiger partial charge is 0.490 e. The van der Waals surface area contributed by atoms with Crippen LogP contribution >= 0.6 is 11.8 Å². The van der Waals surface area contributed by atoms with E-state index < -0.39 is 0 Å². The Morgan fingerprint density at radius 1 is 1.10 bits per heavy atom. The van der Waals surface area contributed by atoms with Gasteiger partial charge in [-0.3, -0.25) is 0 Å². The number of allylic oxidation sites excluding steroid dienone is 1. The molecule has 0 atom stereocenters. The molecule has 0 radical (unpaired) electrons. The van der Waals surface area contributed by atoms with E-state index in [1.165, 1.54) is 10.5 Å². The Hall–Kier alpha value is -0.705. The number of rotatable bonds is 3. The van der Waals surface area contributed by atoms with Crippen molar-refractivity contribution in [3.63, 3.8) is 0 Å². The molecule has 0 saturated carbocycles. The fourth-order valence-electron chi connectivity index (χ4n) is 2.13. The van der Waals surface area contributed by atoms with Crippen LogP contribution in [0, 0.1) is 0 Å². The van der Waals surface area contributed by atoms with Crippen LogP contribution in [0.1, 0.15) is 40.2 Å². The van der Waals surface area contributed by atoms with E-state index in [1.807, 2.05) is 0 Å². The van der Waals surface area contributed by atoms with Crippen LogP contribution in [0.4, 0.5) is 0 Å². The molecule has 1 aromatic rings. The predicted octanol–water partition coefficient (Wildman–Crippen LogP) is 4.44. The van der Waals surface area contributed by atoms with E-state index >= 15 is 0 Å². The Kier molecular flexibility index (Phi) is 4.38. The Labute approximate surface area is 127 Å². The van der Waals surface area contributed by atoms with Gasteiger partial charge >= 0.3 is 7.12 Å². The summed E-state index contributed by atoms with van der Waals surface area (Å²) in [6.45, 7) is 10.4. The molecule has 1 heterocycles. The second-order valence-electron chi connectivity index (χ2n) is 6.22. The van der Waals surface area contributed by atoms with Crippen molar-refractivity contribution in [2.45, 2.75) is 50.7 Å². The topological polar surface area (TPSA) is 18.5 Å². The molecule has 0 N–H and O–H groups in total. The molecular weight excluding hydrogens is 267 g/mol. The van der Waals surface area contributed by atoms with Gasteiger partial charge in [0.25, 0.3) is 0 Å². The number of thioether (sulfide) groups is 1. The lowest BCUT2D eigenvalue weighted by Gasteiger charge is -2.32. The Bertz CT molecular complexity index is 507. The van der Waals surface area contributed by atoms with Gasteiger partial charge in [0, 0.05) is 4.90 Å². The molecule has 0 bridgehead atoms. The Balaban J connectivity index is 2.24. The first-order valence-electron chi connectivity index (χ1n) is 6.94. The molecular formula is C16H23BO2S. The summed E-state index contributed by atoms with van der Waals surface area (Å²) in [4.78, 5) is 1.27. The summed E-state index contributed by atoms with van der Waals surface area (Å²) < 4.78 is 12.1. The second kappa shape index (κ2) is 5.59. The first kappa shape index (κ1) is 15.7. The average molecular weight is 290 g/mol. The highest BCUT2D eigenvalue weighted by molar-refractivity contribution is 7.98. The zero-order valence-electron chi connectivity index (χ0n) is 13.2. The number of hydrogen-bond acceptors (Lipinski definition) is 3. The van der Waals surface area contributed by atoms with Gasteiger partial charge in [-0.2, -0.15) is 0 Å². The highest BCUT2D eigenvalue weighted by Gasteiger charge is 2.51. The van der Waals surface area contributed by atoms with Crippen LogP contribution in [0.15, 0.2) is 34.6 Å². The van der Waals surface area contributed by atoms with Crippen LogP contribution in [0.2, 0.25) is 0 Å².